The summed E-state index contributed by atoms with van der Waals surface area (Å²) in [5.74, 6) is 1.08. The van der Waals surface area contributed by atoms with Gasteiger partial charge in [0.2, 0.25) is 10.0 Å². The lowest BCUT2D eigenvalue weighted by Crippen LogP contribution is -2.28. The average molecular weight is 345 g/mol. The topological polar surface area (TPSA) is 69.4 Å². The van der Waals surface area contributed by atoms with Gasteiger partial charge in [-0.05, 0) is 47.6 Å². The summed E-state index contributed by atoms with van der Waals surface area (Å²) in [5.41, 5.74) is 3.93. The monoisotopic (exact) mass is 345 g/mol. The largest absolute Gasteiger partial charge is 0.496 e. The minimum Gasteiger partial charge on any atom is -0.496 e. The first-order valence-electron chi connectivity index (χ1n) is 8.10. The first-order chi connectivity index (χ1) is 11.3. The second-order valence-corrected chi connectivity index (χ2v) is 8.57. The minimum absolute atomic E-state index is 0.350. The van der Waals surface area contributed by atoms with Crippen molar-refractivity contribution >= 4 is 10.0 Å². The summed E-state index contributed by atoms with van der Waals surface area (Å²) in [6, 6.07) is 13.7. The summed E-state index contributed by atoms with van der Waals surface area (Å²) in [4.78, 5) is 0. The molecule has 2 aromatic rings. The van der Waals surface area contributed by atoms with Gasteiger partial charge in [0.25, 0.3) is 0 Å². The van der Waals surface area contributed by atoms with E-state index in [0.717, 1.165) is 22.4 Å². The summed E-state index contributed by atoms with van der Waals surface area (Å²) in [7, 11) is -2.00. The number of hydrogen-bond donors (Lipinski definition) is 1. The molecule has 3 rings (SSSR count). The predicted octanol–water partition coefficient (Wildman–Crippen LogP) is 3.76. The minimum atomic E-state index is -3.63. The summed E-state index contributed by atoms with van der Waals surface area (Å²) in [5, 5.41) is 5.49. The molecular weight excluding hydrogens is 322 g/mol. The fraction of sp³-hybridized carbons (Fsp3) is 0.368. The summed E-state index contributed by atoms with van der Waals surface area (Å²) >= 11 is 0. The van der Waals surface area contributed by atoms with Crippen LogP contribution in [0.25, 0.3) is 11.1 Å². The van der Waals surface area contributed by atoms with E-state index in [1.807, 2.05) is 36.4 Å². The van der Waals surface area contributed by atoms with E-state index in [1.165, 1.54) is 5.56 Å². The number of primary sulfonamides is 1. The van der Waals surface area contributed by atoms with E-state index in [0.29, 0.717) is 18.8 Å². The van der Waals surface area contributed by atoms with Crippen molar-refractivity contribution in [3.05, 3.63) is 53.6 Å². The lowest BCUT2D eigenvalue weighted by Gasteiger charge is -2.19. The van der Waals surface area contributed by atoms with Crippen LogP contribution in [0.3, 0.4) is 0 Å². The lowest BCUT2D eigenvalue weighted by atomic mass is 9.91. The van der Waals surface area contributed by atoms with Crippen LogP contribution in [0.15, 0.2) is 42.5 Å². The van der Waals surface area contributed by atoms with E-state index in [-0.39, 0.29) is 0 Å². The van der Waals surface area contributed by atoms with Crippen LogP contribution in [0.2, 0.25) is 0 Å². The summed E-state index contributed by atoms with van der Waals surface area (Å²) < 4.78 is 28.7. The molecule has 0 spiro atoms. The molecule has 4 nitrogen and oxygen atoms in total. The van der Waals surface area contributed by atoms with Crippen LogP contribution >= 0.6 is 0 Å². The molecule has 0 radical (unpaired) electrons. The molecule has 128 valence electrons. The molecule has 24 heavy (non-hydrogen) atoms. The maximum Gasteiger partial charge on any atom is 0.219 e. The van der Waals surface area contributed by atoms with Crippen LogP contribution in [0.1, 0.15) is 43.7 Å². The van der Waals surface area contributed by atoms with Crippen molar-refractivity contribution in [3.63, 3.8) is 0 Å². The molecule has 0 saturated heterocycles. The number of methoxy groups -OCH3 is 1. The molecule has 5 heteroatoms. The third-order valence-corrected chi connectivity index (χ3v) is 6.58. The zero-order valence-corrected chi connectivity index (χ0v) is 15.1. The number of sulfonamides is 1. The molecule has 0 aliphatic heterocycles. The molecule has 1 aliphatic rings. The zero-order valence-electron chi connectivity index (χ0n) is 14.2. The van der Waals surface area contributed by atoms with Crippen molar-refractivity contribution in [3.8, 4) is 16.9 Å². The van der Waals surface area contributed by atoms with E-state index < -0.39 is 14.8 Å². The van der Waals surface area contributed by atoms with Gasteiger partial charge in [0.05, 0.1) is 7.11 Å². The van der Waals surface area contributed by atoms with Crippen LogP contribution in [0, 0.1) is 0 Å². The van der Waals surface area contributed by atoms with Gasteiger partial charge in [0.15, 0.2) is 0 Å². The van der Waals surface area contributed by atoms with E-state index in [2.05, 4.69) is 19.9 Å². The van der Waals surface area contributed by atoms with Crippen LogP contribution in [-0.2, 0) is 14.8 Å². The Kier molecular flexibility index (Phi) is 4.18. The molecule has 0 aromatic heterocycles. The van der Waals surface area contributed by atoms with Gasteiger partial charge < -0.3 is 4.74 Å². The molecule has 2 aromatic carbocycles. The molecule has 0 amide bonds. The Balaban J connectivity index is 2.21. The highest BCUT2D eigenvalue weighted by atomic mass is 32.2. The van der Waals surface area contributed by atoms with Crippen molar-refractivity contribution in [2.75, 3.05) is 7.11 Å². The van der Waals surface area contributed by atoms with Crippen LogP contribution in [0.4, 0.5) is 0 Å². The number of rotatable bonds is 5. The van der Waals surface area contributed by atoms with Crippen molar-refractivity contribution in [1.29, 1.82) is 0 Å². The maximum absolute atomic E-state index is 12.0. The summed E-state index contributed by atoms with van der Waals surface area (Å²) in [6.07, 6.45) is 1.15. The van der Waals surface area contributed by atoms with Gasteiger partial charge in [-0.25, -0.2) is 13.6 Å². The zero-order chi connectivity index (χ0) is 17.5. The van der Waals surface area contributed by atoms with Gasteiger partial charge in [-0.2, -0.15) is 0 Å². The number of nitrogens with two attached hydrogens (primary N) is 1. The quantitative estimate of drug-likeness (QED) is 0.897. The van der Waals surface area contributed by atoms with Gasteiger partial charge in [0, 0.05) is 5.56 Å². The van der Waals surface area contributed by atoms with Gasteiger partial charge in [-0.1, -0.05) is 44.2 Å². The number of hydrogen-bond acceptors (Lipinski definition) is 3. The molecule has 1 saturated carbocycles. The van der Waals surface area contributed by atoms with Crippen LogP contribution in [-0.4, -0.2) is 15.5 Å². The van der Waals surface area contributed by atoms with Crippen molar-refractivity contribution in [2.45, 2.75) is 37.4 Å². The van der Waals surface area contributed by atoms with Gasteiger partial charge in [0.1, 0.15) is 10.5 Å². The lowest BCUT2D eigenvalue weighted by molar-refractivity contribution is 0.416. The maximum atomic E-state index is 12.0. The Hall–Kier alpha value is -1.85. The SMILES string of the molecule is COc1ccc(C2(S(N)(=O)=O)CC2)cc1-c1ccccc1C(C)C. The molecule has 1 fully saturated rings. The molecule has 1 aliphatic carbocycles. The normalized spacial score (nSPS) is 16.2. The Morgan fingerprint density at radius 2 is 1.75 bits per heavy atom. The Bertz CT molecular complexity index is 868. The van der Waals surface area contributed by atoms with Crippen LogP contribution < -0.4 is 9.88 Å². The fourth-order valence-electron chi connectivity index (χ4n) is 3.30. The summed E-state index contributed by atoms with van der Waals surface area (Å²) in [6.45, 7) is 4.28. The first-order valence-corrected chi connectivity index (χ1v) is 9.65. The third-order valence-electron chi connectivity index (χ3n) is 4.85. The van der Waals surface area contributed by atoms with E-state index in [4.69, 9.17) is 9.88 Å². The van der Waals surface area contributed by atoms with Crippen molar-refractivity contribution in [2.24, 2.45) is 5.14 Å². The van der Waals surface area contributed by atoms with Crippen molar-refractivity contribution < 1.29 is 13.2 Å². The van der Waals surface area contributed by atoms with Crippen molar-refractivity contribution in [1.82, 2.24) is 0 Å². The molecule has 0 heterocycles. The molecule has 0 atom stereocenters. The number of ether oxygens (including phenoxy) is 1. The van der Waals surface area contributed by atoms with Crippen LogP contribution in [0.5, 0.6) is 5.75 Å². The smallest absolute Gasteiger partial charge is 0.219 e. The Morgan fingerprint density at radius 1 is 1.08 bits per heavy atom. The number of benzene rings is 2. The molecule has 0 unspecified atom stereocenters. The second kappa shape index (κ2) is 5.90. The third kappa shape index (κ3) is 2.72. The fourth-order valence-corrected chi connectivity index (χ4v) is 4.43. The first kappa shape index (κ1) is 17.0. The Morgan fingerprint density at radius 3 is 2.29 bits per heavy atom. The van der Waals surface area contributed by atoms with E-state index in [1.54, 1.807) is 7.11 Å². The van der Waals surface area contributed by atoms with Gasteiger partial charge in [-0.3, -0.25) is 0 Å². The highest BCUT2D eigenvalue weighted by Crippen LogP contribution is 2.53. The molecule has 2 N–H and O–H groups in total. The second-order valence-electron chi connectivity index (χ2n) is 6.70. The highest BCUT2D eigenvalue weighted by molar-refractivity contribution is 7.90. The standard InChI is InChI=1S/C19H23NO3S/c1-13(2)15-6-4-5-7-16(15)17-12-14(8-9-18(17)23-3)19(10-11-19)24(20,21)22/h4-9,12-13H,10-11H2,1-3H3,(H2,20,21,22). The molecular formula is C19H23NO3S. The average Bonchev–Trinajstić information content (AvgIpc) is 3.36. The van der Waals surface area contributed by atoms with Gasteiger partial charge >= 0.3 is 0 Å². The highest BCUT2D eigenvalue weighted by Gasteiger charge is 2.54. The van der Waals surface area contributed by atoms with Gasteiger partial charge in [-0.15, -0.1) is 0 Å². The van der Waals surface area contributed by atoms with E-state index >= 15 is 0 Å². The molecule has 0 bridgehead atoms. The van der Waals surface area contributed by atoms with E-state index in [9.17, 15) is 8.42 Å². The predicted molar refractivity (Wildman–Crippen MR) is 96.5 cm³/mol. The Labute approximate surface area is 143 Å².